The fourth-order valence-corrected chi connectivity index (χ4v) is 1.94. The van der Waals surface area contributed by atoms with E-state index in [4.69, 9.17) is 10.5 Å². The number of imide groups is 1. The molecule has 1 aromatic heterocycles. The van der Waals surface area contributed by atoms with Crippen molar-refractivity contribution in [3.05, 3.63) is 40.3 Å². The van der Waals surface area contributed by atoms with E-state index in [2.05, 4.69) is 5.10 Å². The van der Waals surface area contributed by atoms with Crippen molar-refractivity contribution in [1.29, 1.82) is 0 Å². The van der Waals surface area contributed by atoms with Crippen molar-refractivity contribution < 1.29 is 19.1 Å². The summed E-state index contributed by atoms with van der Waals surface area (Å²) in [5.41, 5.74) is 4.35. The molecule has 0 aliphatic rings. The lowest BCUT2D eigenvalue weighted by Gasteiger charge is -2.13. The molecule has 0 saturated carbocycles. The third-order valence-corrected chi connectivity index (χ3v) is 3.05. The molecule has 0 spiro atoms. The van der Waals surface area contributed by atoms with Gasteiger partial charge in [-0.1, -0.05) is 18.2 Å². The highest BCUT2D eigenvalue weighted by Gasteiger charge is 2.23. The molecule has 120 valence electrons. The van der Waals surface area contributed by atoms with Gasteiger partial charge in [-0.3, -0.25) is 14.9 Å². The number of carbonyl (C=O) groups is 3. The zero-order chi connectivity index (χ0) is 17.1. The Kier molecular flexibility index (Phi) is 4.39. The zero-order valence-electron chi connectivity index (χ0n) is 12.4. The van der Waals surface area contributed by atoms with Crippen LogP contribution in [0, 0.1) is 0 Å². The van der Waals surface area contributed by atoms with Gasteiger partial charge < -0.3 is 10.5 Å². The minimum absolute atomic E-state index is 0.110. The van der Waals surface area contributed by atoms with E-state index in [0.717, 1.165) is 4.68 Å². The molecule has 0 fully saturated rings. The number of primary amides is 1. The van der Waals surface area contributed by atoms with Crippen molar-refractivity contribution in [2.75, 3.05) is 0 Å². The maximum absolute atomic E-state index is 12.2. The highest BCUT2D eigenvalue weighted by molar-refractivity contribution is 6.03. The Morgan fingerprint density at radius 1 is 1.26 bits per heavy atom. The predicted molar refractivity (Wildman–Crippen MR) is 79.6 cm³/mol. The van der Waals surface area contributed by atoms with Gasteiger partial charge in [0.05, 0.1) is 5.39 Å². The Labute approximate surface area is 130 Å². The van der Waals surface area contributed by atoms with Gasteiger partial charge in [0.25, 0.3) is 11.5 Å². The lowest BCUT2D eigenvalue weighted by atomic mass is 10.1. The van der Waals surface area contributed by atoms with Crippen LogP contribution in [0.15, 0.2) is 29.1 Å². The topological polar surface area (TPSA) is 133 Å². The molecule has 0 saturated heterocycles. The van der Waals surface area contributed by atoms with E-state index in [1.54, 1.807) is 29.6 Å². The van der Waals surface area contributed by atoms with Gasteiger partial charge in [0, 0.05) is 12.4 Å². The van der Waals surface area contributed by atoms with Crippen molar-refractivity contribution in [3.63, 3.8) is 0 Å². The monoisotopic (exact) mass is 318 g/mol. The molecule has 0 aliphatic carbocycles. The van der Waals surface area contributed by atoms with Crippen LogP contribution in [0.5, 0.6) is 0 Å². The zero-order valence-corrected chi connectivity index (χ0v) is 12.4. The van der Waals surface area contributed by atoms with Crippen LogP contribution in [0.4, 0.5) is 4.79 Å². The number of nitrogens with two attached hydrogens (primary N) is 1. The number of aromatic nitrogens is 2. The van der Waals surface area contributed by atoms with Gasteiger partial charge in [-0.05, 0) is 13.0 Å². The summed E-state index contributed by atoms with van der Waals surface area (Å²) < 4.78 is 5.97. The van der Waals surface area contributed by atoms with Crippen molar-refractivity contribution in [1.82, 2.24) is 15.1 Å². The number of nitrogens with zero attached hydrogens (tertiary/aromatic N) is 2. The smallest absolute Gasteiger partial charge is 0.360 e. The molecular formula is C14H14N4O5. The molecule has 1 aromatic carbocycles. The number of urea groups is 1. The number of amides is 3. The van der Waals surface area contributed by atoms with Crippen LogP contribution in [-0.2, 0) is 16.6 Å². The van der Waals surface area contributed by atoms with Gasteiger partial charge in [0.2, 0.25) is 0 Å². The second kappa shape index (κ2) is 6.26. The highest BCUT2D eigenvalue weighted by atomic mass is 16.5. The third-order valence-electron chi connectivity index (χ3n) is 3.05. The molecular weight excluding hydrogens is 304 g/mol. The fourth-order valence-electron chi connectivity index (χ4n) is 1.94. The van der Waals surface area contributed by atoms with Gasteiger partial charge in [-0.15, -0.1) is 0 Å². The van der Waals surface area contributed by atoms with Gasteiger partial charge in [0.1, 0.15) is 0 Å². The normalized spacial score (nSPS) is 11.7. The number of carbonyl (C=O) groups excluding carboxylic acids is 3. The van der Waals surface area contributed by atoms with Gasteiger partial charge in [-0.2, -0.15) is 5.10 Å². The minimum atomic E-state index is -1.26. The Bertz CT molecular complexity index is 858. The first-order valence-corrected chi connectivity index (χ1v) is 6.58. The van der Waals surface area contributed by atoms with Gasteiger partial charge in [0.15, 0.2) is 11.8 Å². The molecule has 2 rings (SSSR count). The summed E-state index contributed by atoms with van der Waals surface area (Å²) in [6.07, 6.45) is -1.26. The molecule has 3 N–H and O–H groups in total. The van der Waals surface area contributed by atoms with Gasteiger partial charge in [-0.25, -0.2) is 14.3 Å². The second-order valence-electron chi connectivity index (χ2n) is 4.72. The van der Waals surface area contributed by atoms with E-state index < -0.39 is 24.0 Å². The van der Waals surface area contributed by atoms with Crippen molar-refractivity contribution in [2.24, 2.45) is 12.8 Å². The molecule has 23 heavy (non-hydrogen) atoms. The lowest BCUT2D eigenvalue weighted by molar-refractivity contribution is -0.127. The molecule has 2 aromatic rings. The van der Waals surface area contributed by atoms with Crippen LogP contribution in [0.3, 0.4) is 0 Å². The lowest BCUT2D eigenvalue weighted by Crippen LogP contribution is -2.42. The summed E-state index contributed by atoms with van der Waals surface area (Å²) in [5.74, 6) is -1.76. The molecule has 1 atom stereocenters. The first-order chi connectivity index (χ1) is 10.8. The van der Waals surface area contributed by atoms with Crippen LogP contribution >= 0.6 is 0 Å². The molecule has 9 nitrogen and oxygen atoms in total. The van der Waals surface area contributed by atoms with E-state index in [-0.39, 0.29) is 11.3 Å². The first kappa shape index (κ1) is 16.1. The highest BCUT2D eigenvalue weighted by Crippen LogP contribution is 2.14. The summed E-state index contributed by atoms with van der Waals surface area (Å²) in [6, 6.07) is 5.35. The van der Waals surface area contributed by atoms with Crippen LogP contribution in [0.2, 0.25) is 0 Å². The average molecular weight is 318 g/mol. The number of fused-ring (bicyclic) bond motifs is 1. The van der Waals surface area contributed by atoms with Crippen molar-refractivity contribution >= 4 is 28.7 Å². The average Bonchev–Trinajstić information content (AvgIpc) is 2.50. The SMILES string of the molecule is C[C@@H](OC(=O)c1nn(C)c(=O)c2ccccc12)C(=O)NC(N)=O. The van der Waals surface area contributed by atoms with Crippen molar-refractivity contribution in [2.45, 2.75) is 13.0 Å². The van der Waals surface area contributed by atoms with Crippen LogP contribution < -0.4 is 16.6 Å². The molecule has 1 heterocycles. The van der Waals surface area contributed by atoms with Crippen LogP contribution in [-0.4, -0.2) is 33.8 Å². The Balaban J connectivity index is 2.35. The number of rotatable bonds is 3. The number of nitrogens with one attached hydrogen (secondary N) is 1. The molecule has 0 aliphatic heterocycles. The predicted octanol–water partition coefficient (Wildman–Crippen LogP) is -0.326. The largest absolute Gasteiger partial charge is 0.448 e. The number of esters is 1. The molecule has 3 amide bonds. The Morgan fingerprint density at radius 2 is 1.87 bits per heavy atom. The quantitative estimate of drug-likeness (QED) is 0.745. The van der Waals surface area contributed by atoms with E-state index in [1.165, 1.54) is 14.0 Å². The number of hydrogen-bond donors (Lipinski definition) is 2. The second-order valence-corrected chi connectivity index (χ2v) is 4.72. The molecule has 0 radical (unpaired) electrons. The van der Waals surface area contributed by atoms with Crippen LogP contribution in [0.25, 0.3) is 10.8 Å². The van der Waals surface area contributed by atoms with Crippen molar-refractivity contribution in [3.8, 4) is 0 Å². The maximum atomic E-state index is 12.2. The molecule has 9 heteroatoms. The van der Waals surface area contributed by atoms with Crippen LogP contribution in [0.1, 0.15) is 17.4 Å². The molecule has 0 unspecified atom stereocenters. The van der Waals surface area contributed by atoms with E-state index >= 15 is 0 Å². The Morgan fingerprint density at radius 3 is 2.48 bits per heavy atom. The molecule has 0 bridgehead atoms. The summed E-state index contributed by atoms with van der Waals surface area (Å²) in [5, 5.41) is 6.29. The summed E-state index contributed by atoms with van der Waals surface area (Å²) >= 11 is 0. The number of aryl methyl sites for hydroxylation is 1. The Hall–Kier alpha value is -3.23. The minimum Gasteiger partial charge on any atom is -0.448 e. The third kappa shape index (κ3) is 3.34. The summed E-state index contributed by atoms with van der Waals surface area (Å²) in [6.45, 7) is 1.28. The first-order valence-electron chi connectivity index (χ1n) is 6.58. The summed E-state index contributed by atoms with van der Waals surface area (Å²) in [7, 11) is 1.40. The van der Waals surface area contributed by atoms with E-state index in [9.17, 15) is 19.2 Å². The standard InChI is InChI=1S/C14H14N4O5/c1-7(11(19)16-14(15)22)23-13(21)10-8-5-3-4-6-9(8)12(20)18(2)17-10/h3-7H,1-2H3,(H3,15,16,19,22)/t7-/m1/s1. The fraction of sp³-hybridized carbons (Fsp3) is 0.214. The number of hydrogen-bond acceptors (Lipinski definition) is 6. The number of benzene rings is 1. The van der Waals surface area contributed by atoms with E-state index in [1.807, 2.05) is 0 Å². The van der Waals surface area contributed by atoms with Gasteiger partial charge >= 0.3 is 12.0 Å². The number of ether oxygens (including phenoxy) is 1. The van der Waals surface area contributed by atoms with E-state index in [0.29, 0.717) is 10.8 Å². The summed E-state index contributed by atoms with van der Waals surface area (Å²) in [4.78, 5) is 46.4. The maximum Gasteiger partial charge on any atom is 0.360 e.